The topological polar surface area (TPSA) is 65.2 Å². The highest BCUT2D eigenvalue weighted by Gasteiger charge is 2.38. The van der Waals surface area contributed by atoms with Crippen LogP contribution in [0.3, 0.4) is 0 Å². The molecule has 0 aliphatic carbocycles. The van der Waals surface area contributed by atoms with Crippen LogP contribution >= 0.6 is 12.2 Å². The number of alkyl halides is 3. The lowest BCUT2D eigenvalue weighted by atomic mass is 10.3. The van der Waals surface area contributed by atoms with E-state index >= 15 is 0 Å². The van der Waals surface area contributed by atoms with Gasteiger partial charge in [0.25, 0.3) is 0 Å². The predicted molar refractivity (Wildman–Crippen MR) is 90.5 cm³/mol. The molecule has 9 heteroatoms. The molecule has 0 spiro atoms. The SMILES string of the molecule is O=C(NNc1ccc(NC(=S)Nc2ccccc2)cc1)C(F)(F)F. The summed E-state index contributed by atoms with van der Waals surface area (Å²) in [4.78, 5) is 10.7. The van der Waals surface area contributed by atoms with Crippen LogP contribution in [-0.2, 0) is 4.79 Å². The van der Waals surface area contributed by atoms with Gasteiger partial charge in [-0.3, -0.25) is 15.6 Å². The molecule has 0 heterocycles. The normalized spacial score (nSPS) is 10.6. The Morgan fingerprint density at radius 3 is 1.88 bits per heavy atom. The van der Waals surface area contributed by atoms with E-state index in [0.717, 1.165) is 5.69 Å². The molecule has 0 radical (unpaired) electrons. The van der Waals surface area contributed by atoms with Gasteiger partial charge in [-0.1, -0.05) is 18.2 Å². The van der Waals surface area contributed by atoms with Gasteiger partial charge in [0.1, 0.15) is 0 Å². The minimum atomic E-state index is -4.94. The Balaban J connectivity index is 1.85. The van der Waals surface area contributed by atoms with Crippen LogP contribution in [0.15, 0.2) is 54.6 Å². The fourth-order valence-electron chi connectivity index (χ4n) is 1.65. The highest BCUT2D eigenvalue weighted by atomic mass is 32.1. The third-order valence-corrected chi connectivity index (χ3v) is 2.96. The Morgan fingerprint density at radius 2 is 1.33 bits per heavy atom. The molecule has 5 nitrogen and oxygen atoms in total. The summed E-state index contributed by atoms with van der Waals surface area (Å²) in [6, 6.07) is 15.5. The van der Waals surface area contributed by atoms with Crippen molar-refractivity contribution >= 4 is 40.3 Å². The van der Waals surface area contributed by atoms with Crippen molar-refractivity contribution in [3.63, 3.8) is 0 Å². The Bertz CT molecular complexity index is 705. The first-order valence-electron chi connectivity index (χ1n) is 6.71. The molecule has 2 aromatic carbocycles. The summed E-state index contributed by atoms with van der Waals surface area (Å²) in [6.45, 7) is 0. The molecule has 0 bridgehead atoms. The van der Waals surface area contributed by atoms with E-state index in [1.165, 1.54) is 12.1 Å². The van der Waals surface area contributed by atoms with Crippen LogP contribution in [0.5, 0.6) is 0 Å². The molecule has 0 saturated carbocycles. The number of hydrogen-bond donors (Lipinski definition) is 4. The van der Waals surface area contributed by atoms with Crippen molar-refractivity contribution in [2.24, 2.45) is 0 Å². The van der Waals surface area contributed by atoms with Crippen LogP contribution in [0, 0.1) is 0 Å². The summed E-state index contributed by atoms with van der Waals surface area (Å²) in [6.07, 6.45) is -4.94. The number of anilines is 3. The van der Waals surface area contributed by atoms with Gasteiger partial charge >= 0.3 is 12.1 Å². The Morgan fingerprint density at radius 1 is 0.833 bits per heavy atom. The standard InChI is InChI=1S/C15H13F3N4OS/c16-15(17,18)13(23)22-21-12-8-6-11(7-9-12)20-14(24)19-10-4-2-1-3-5-10/h1-9,21H,(H,22,23)(H2,19,20,24). The van der Waals surface area contributed by atoms with Gasteiger partial charge in [0.15, 0.2) is 5.11 Å². The number of halogens is 3. The Hall–Kier alpha value is -2.81. The third-order valence-electron chi connectivity index (χ3n) is 2.75. The zero-order valence-electron chi connectivity index (χ0n) is 12.1. The molecule has 0 saturated heterocycles. The number of rotatable bonds is 4. The molecular formula is C15H13F3N4OS. The first kappa shape index (κ1) is 17.5. The molecule has 0 atom stereocenters. The van der Waals surface area contributed by atoms with E-state index in [1.54, 1.807) is 17.6 Å². The van der Waals surface area contributed by atoms with Crippen LogP contribution in [0.25, 0.3) is 0 Å². The molecule has 0 aromatic heterocycles. The number of hydrazine groups is 1. The highest BCUT2D eigenvalue weighted by molar-refractivity contribution is 7.80. The molecule has 0 unspecified atom stereocenters. The van der Waals surface area contributed by atoms with Crippen LogP contribution < -0.4 is 21.5 Å². The molecule has 0 fully saturated rings. The van der Waals surface area contributed by atoms with E-state index in [4.69, 9.17) is 12.2 Å². The monoisotopic (exact) mass is 354 g/mol. The fraction of sp³-hybridized carbons (Fsp3) is 0.0667. The van der Waals surface area contributed by atoms with Gasteiger partial charge in [0.05, 0.1) is 5.69 Å². The number of carbonyl (C=O) groups is 1. The molecule has 0 aliphatic rings. The minimum Gasteiger partial charge on any atom is -0.332 e. The average molecular weight is 354 g/mol. The second kappa shape index (κ2) is 7.64. The van der Waals surface area contributed by atoms with E-state index in [2.05, 4.69) is 16.1 Å². The summed E-state index contributed by atoms with van der Waals surface area (Å²) in [5.41, 5.74) is 5.48. The quantitative estimate of drug-likeness (QED) is 0.500. The van der Waals surface area contributed by atoms with E-state index in [9.17, 15) is 18.0 Å². The van der Waals surface area contributed by atoms with Gasteiger partial charge in [-0.15, -0.1) is 0 Å². The van der Waals surface area contributed by atoms with Crippen LogP contribution in [-0.4, -0.2) is 17.2 Å². The third kappa shape index (κ3) is 5.43. The van der Waals surface area contributed by atoms with Crippen molar-refractivity contribution in [1.29, 1.82) is 0 Å². The van der Waals surface area contributed by atoms with Crippen LogP contribution in [0.2, 0.25) is 0 Å². The van der Waals surface area contributed by atoms with Crippen molar-refractivity contribution in [2.45, 2.75) is 6.18 Å². The van der Waals surface area contributed by atoms with E-state index in [-0.39, 0.29) is 0 Å². The smallest absolute Gasteiger partial charge is 0.332 e. The maximum atomic E-state index is 12.1. The van der Waals surface area contributed by atoms with Crippen molar-refractivity contribution < 1.29 is 18.0 Å². The van der Waals surface area contributed by atoms with Gasteiger partial charge in [-0.05, 0) is 48.6 Å². The van der Waals surface area contributed by atoms with Crippen molar-refractivity contribution in [1.82, 2.24) is 5.43 Å². The lowest BCUT2D eigenvalue weighted by molar-refractivity contribution is -0.173. The van der Waals surface area contributed by atoms with Crippen molar-refractivity contribution in [3.05, 3.63) is 54.6 Å². The lowest BCUT2D eigenvalue weighted by Crippen LogP contribution is -2.40. The number of benzene rings is 2. The van der Waals surface area contributed by atoms with Gasteiger partial charge in [-0.25, -0.2) is 0 Å². The van der Waals surface area contributed by atoms with Gasteiger partial charge < -0.3 is 10.6 Å². The molecular weight excluding hydrogens is 341 g/mol. The van der Waals surface area contributed by atoms with E-state index in [0.29, 0.717) is 16.5 Å². The molecule has 0 aliphatic heterocycles. The maximum absolute atomic E-state index is 12.1. The zero-order valence-corrected chi connectivity index (χ0v) is 13.0. The number of amides is 1. The van der Waals surface area contributed by atoms with Crippen LogP contribution in [0.4, 0.5) is 30.2 Å². The largest absolute Gasteiger partial charge is 0.472 e. The number of para-hydroxylation sites is 1. The molecule has 2 aromatic rings. The van der Waals surface area contributed by atoms with E-state index < -0.39 is 12.1 Å². The first-order chi connectivity index (χ1) is 11.3. The average Bonchev–Trinajstić information content (AvgIpc) is 2.54. The van der Waals surface area contributed by atoms with E-state index in [1.807, 2.05) is 30.3 Å². The van der Waals surface area contributed by atoms with Crippen LogP contribution in [0.1, 0.15) is 0 Å². The highest BCUT2D eigenvalue weighted by Crippen LogP contribution is 2.16. The second-order valence-electron chi connectivity index (χ2n) is 4.60. The predicted octanol–water partition coefficient (Wildman–Crippen LogP) is 3.50. The Labute approximate surface area is 141 Å². The molecule has 4 N–H and O–H groups in total. The molecule has 126 valence electrons. The fourth-order valence-corrected chi connectivity index (χ4v) is 1.89. The van der Waals surface area contributed by atoms with Gasteiger partial charge in [-0.2, -0.15) is 13.2 Å². The molecule has 2 rings (SSSR count). The zero-order chi connectivity index (χ0) is 17.6. The first-order valence-corrected chi connectivity index (χ1v) is 7.12. The van der Waals surface area contributed by atoms with Gasteiger partial charge in [0, 0.05) is 11.4 Å². The summed E-state index contributed by atoms with van der Waals surface area (Å²) >= 11 is 5.16. The molecule has 1 amide bonds. The van der Waals surface area contributed by atoms with Crippen molar-refractivity contribution in [2.75, 3.05) is 16.1 Å². The second-order valence-corrected chi connectivity index (χ2v) is 5.01. The Kier molecular flexibility index (Phi) is 5.59. The minimum absolute atomic E-state index is 0.292. The van der Waals surface area contributed by atoms with Gasteiger partial charge in [0.2, 0.25) is 0 Å². The summed E-state index contributed by atoms with van der Waals surface area (Å²) < 4.78 is 36.2. The number of hydrogen-bond acceptors (Lipinski definition) is 3. The number of thiocarbonyl (C=S) groups is 1. The molecule has 24 heavy (non-hydrogen) atoms. The lowest BCUT2D eigenvalue weighted by Gasteiger charge is -2.12. The number of carbonyl (C=O) groups excluding carboxylic acids is 1. The summed E-state index contributed by atoms with van der Waals surface area (Å²) in [7, 11) is 0. The summed E-state index contributed by atoms with van der Waals surface area (Å²) in [5, 5.41) is 6.28. The summed E-state index contributed by atoms with van der Waals surface area (Å²) in [5.74, 6) is -2.07. The van der Waals surface area contributed by atoms with Crippen molar-refractivity contribution in [3.8, 4) is 0 Å². The maximum Gasteiger partial charge on any atom is 0.472 e. The number of nitrogens with one attached hydrogen (secondary N) is 4.